The summed E-state index contributed by atoms with van der Waals surface area (Å²) in [7, 11) is 2.83. The van der Waals surface area contributed by atoms with Gasteiger partial charge >= 0.3 is 62.4 Å². The van der Waals surface area contributed by atoms with Gasteiger partial charge in [0.25, 0.3) is 5.56 Å². The molecule has 7 heterocycles. The first-order valence-electron chi connectivity index (χ1n) is 54.2. The number of carbonyl (C=O) groups is 4. The van der Waals surface area contributed by atoms with E-state index in [-0.39, 0.29) is 141 Å². The number of hydrogen-bond donors (Lipinski definition) is 8. The Morgan fingerprint density at radius 1 is 0.455 bits per heavy atom. The number of methoxy groups -OCH3 is 2. The number of ether oxygens (including phenoxy) is 5. The van der Waals surface area contributed by atoms with E-state index in [0.29, 0.717) is 118 Å². The van der Waals surface area contributed by atoms with Crippen molar-refractivity contribution in [3.05, 3.63) is 84.8 Å². The van der Waals surface area contributed by atoms with Crippen LogP contribution in [0.2, 0.25) is 0 Å². The minimum atomic E-state index is -0.858. The molecule has 0 amide bonds. The first-order chi connectivity index (χ1) is 66.1. The maximum atomic E-state index is 15.1. The van der Waals surface area contributed by atoms with E-state index >= 15 is 4.79 Å². The van der Waals surface area contributed by atoms with Crippen LogP contribution in [0.5, 0.6) is 0 Å². The van der Waals surface area contributed by atoms with E-state index in [1.807, 2.05) is 9.80 Å². The average molecular weight is 2340 g/mol. The minimum absolute atomic E-state index is 0. The molecule has 0 spiro atoms. The van der Waals surface area contributed by atoms with E-state index in [0.717, 1.165) is 161 Å². The third-order valence-electron chi connectivity index (χ3n) is 45.9. The Hall–Kier alpha value is -4.38. The normalized spacial score (nSPS) is 39.9. The Balaban J connectivity index is 0.000000144. The number of allylic oxidation sites excluding steroid dienone is 6. The second-order valence-corrected chi connectivity index (χ2v) is 70.9. The molecule has 143 heavy (non-hydrogen) atoms. The van der Waals surface area contributed by atoms with Crippen LogP contribution in [-0.2, 0) is 83.8 Å². The summed E-state index contributed by atoms with van der Waals surface area (Å²) in [6.07, 6.45) is 37.1. The molecule has 28 heteroatoms. The fourth-order valence-corrected chi connectivity index (χ4v) is 38.1. The SMILES string of the molecule is C.C.CC1(C)CC[C@]2(C(=O)Cl)CC[C@]3(C)C(=CCC4[C@@]5(C)Cc6c(N)n[nH]c6C(C)(C)C5CC[C@]43C)C2C1.CC1(C)CC[C@]2(c3[nH][nH]c(=O)c3N3CCOCC3)CC[C@]3(C)C(=CCC4[C@@]5(C)Cc6c(N)n[nH]c6C(C)(C)C5CC[C@]43C)C2C1.COC(=O)C(C(=O)[C@]12CCC(C)(C)CC1C1=CCC3[C@@]4(C)Cc5c(N)n[nH]c5C(C)(C)C4CC[C@@]3(C)[C@]1(C)CC2)N1CCOCC1.COC(=O)CN1CCOCC1.I[I-]I. The number of anilines is 4. The number of morpholine rings is 3. The van der Waals surface area contributed by atoms with Crippen LogP contribution in [0.1, 0.15) is 354 Å². The maximum absolute atomic E-state index is 15.1. The summed E-state index contributed by atoms with van der Waals surface area (Å²) in [5.41, 5.74) is 34.7. The molecule has 22 rings (SSSR count). The Bertz CT molecular complexity index is 5590. The quantitative estimate of drug-likeness (QED) is 0.0254. The van der Waals surface area contributed by atoms with Crippen LogP contribution in [0.4, 0.5) is 23.1 Å². The molecular weight excluding hydrogens is 2150 g/mol. The number of aromatic nitrogens is 8. The summed E-state index contributed by atoms with van der Waals surface area (Å²) >= 11 is 11.8. The van der Waals surface area contributed by atoms with Crippen molar-refractivity contribution < 1.29 is 56.1 Å². The van der Waals surface area contributed by atoms with E-state index in [9.17, 15) is 19.2 Å². The van der Waals surface area contributed by atoms with Crippen LogP contribution >= 0.6 is 48.8 Å². The fourth-order valence-electron chi connectivity index (χ4n) is 37.7. The van der Waals surface area contributed by atoms with Gasteiger partial charge in [-0.3, -0.25) is 54.5 Å². The van der Waals surface area contributed by atoms with Gasteiger partial charge in [-0.1, -0.05) is 195 Å². The van der Waals surface area contributed by atoms with Gasteiger partial charge in [0.2, 0.25) is 5.24 Å². The number of rotatable bonds is 9. The van der Waals surface area contributed by atoms with Crippen LogP contribution in [0, 0.1) is 129 Å². The van der Waals surface area contributed by atoms with Crippen LogP contribution in [0.15, 0.2) is 39.7 Å². The molecule has 10 unspecified atom stereocenters. The molecule has 3 aliphatic heterocycles. The van der Waals surface area contributed by atoms with Crippen LogP contribution < -0.4 is 40.9 Å². The first kappa shape index (κ1) is 111. The Labute approximate surface area is 891 Å². The van der Waals surface area contributed by atoms with Crippen molar-refractivity contribution in [2.24, 2.45) is 129 Å². The third kappa shape index (κ3) is 17.2. The van der Waals surface area contributed by atoms with Crippen molar-refractivity contribution in [2.45, 2.75) is 361 Å². The third-order valence-corrected chi connectivity index (χ3v) is 46.2. The summed E-state index contributed by atoms with van der Waals surface area (Å²) in [5.74, 6) is 5.81. The fraction of sp³-hybridized carbons (Fsp3) is 0.809. The number of esters is 2. The summed E-state index contributed by atoms with van der Waals surface area (Å²) in [5, 5.41) is 30.0. The van der Waals surface area contributed by atoms with Crippen molar-refractivity contribution >= 4 is 94.9 Å². The average Bonchev–Trinajstić information content (AvgIpc) is 1.54. The van der Waals surface area contributed by atoms with Gasteiger partial charge in [0.1, 0.15) is 23.1 Å². The predicted molar refractivity (Wildman–Crippen MR) is 586 cm³/mol. The van der Waals surface area contributed by atoms with E-state index in [1.54, 1.807) is 11.1 Å². The molecule has 3 saturated heterocycles. The Morgan fingerprint density at radius 2 is 0.797 bits per heavy atom. The summed E-state index contributed by atoms with van der Waals surface area (Å²) in [6, 6.07) is -0.858. The number of halogens is 4. The molecule has 11 N–H and O–H groups in total. The molecule has 9 saturated carbocycles. The Morgan fingerprint density at radius 3 is 1.20 bits per heavy atom. The van der Waals surface area contributed by atoms with Crippen molar-refractivity contribution in [3.63, 3.8) is 0 Å². The van der Waals surface area contributed by atoms with E-state index in [4.69, 9.17) is 47.7 Å². The van der Waals surface area contributed by atoms with Gasteiger partial charge in [0.15, 0.2) is 11.8 Å². The van der Waals surface area contributed by atoms with Gasteiger partial charge in [-0.25, -0.2) is 4.79 Å². The van der Waals surface area contributed by atoms with Gasteiger partial charge in [-0.15, -0.1) is 0 Å². The molecular formula is C115H181ClI3N14O10-. The summed E-state index contributed by atoms with van der Waals surface area (Å²) < 4.78 is 26.3. The number of Topliss-reactive ketones (excluding diaryl/α,β-unsaturated/α-hetero) is 1. The van der Waals surface area contributed by atoms with Gasteiger partial charge in [-0.05, 0) is 303 Å². The van der Waals surface area contributed by atoms with Gasteiger partial charge in [0, 0.05) is 100 Å². The van der Waals surface area contributed by atoms with E-state index in [2.05, 4.69) is 251 Å². The van der Waals surface area contributed by atoms with Gasteiger partial charge in [-0.2, -0.15) is 15.3 Å². The number of H-pyrrole nitrogens is 5. The zero-order chi connectivity index (χ0) is 102. The van der Waals surface area contributed by atoms with Gasteiger partial charge in [0.05, 0.1) is 71.5 Å². The Kier molecular flexibility index (Phi) is 30.3. The van der Waals surface area contributed by atoms with Crippen LogP contribution in [0.25, 0.3) is 0 Å². The molecule has 0 bridgehead atoms. The molecule has 4 aromatic rings. The standard InChI is InChI=1S/C38H58N4O4.C37H56N6O2.C31H46ClN3O.C7H13NO3.2CH4.I3/c1-33(2)13-15-38(30(43)28(32(44)45-8)42-17-19-46-20-18-42)16-14-36(6)24(25(38)22-33)9-10-27-35(5)21-23-29(40-41-31(23)39)34(3,4)26(35)11-12-37(27,36)7;1-32(2)12-14-37(29-27(31(44)42-40-29)43-16-18-45-19-17-43)15-13-35(6)23(24(37)21-32)8-9-26-34(5)20-22-28(39-41-30(22)38)33(3,4)25(34)10-11-36(26,35)7;1-26(2)12-14-31(25(32)36)15-13-29(6)19(20(31)17-26)8-9-22-28(5)16-18-23(34-35-24(18)33)27(3,4)21(28)10-11-30(22,29)7;1-10-7(9)6-8-2-4-11-5-3-8;;;1-3-2/h9,25-28H,10-22H2,1-8H3,(H3,39,40,41);8,24-26H,9-21H2,1-7H3,(H3,38,39,41)(H2,40,42,44);8,20-22H,9-17H2,1-7H3,(H3,33,34,35);2-6H2,1H3;2*1H4;/q;;;;;;-1/t25?,26?,27?,28?,35-,36+,37+,38-;24?,25?,26?,34-,35+,36+,37-;20?,21?,22?,28-,29+,30+,31-;;;;/m000..../s1. The number of fused-ring (bicyclic) bond motifs is 24. The summed E-state index contributed by atoms with van der Waals surface area (Å²) in [4.78, 5) is 72.2. The van der Waals surface area contributed by atoms with Crippen LogP contribution in [0.3, 0.4) is 0 Å². The van der Waals surface area contributed by atoms with Gasteiger partial charge < -0.3 is 45.8 Å². The van der Waals surface area contributed by atoms with Crippen molar-refractivity contribution in [1.82, 2.24) is 50.6 Å². The number of ketones is 1. The topological polar surface area (TPSA) is 337 Å². The first-order valence-corrected chi connectivity index (χ1v) is 67.2. The summed E-state index contributed by atoms with van der Waals surface area (Å²) in [6.45, 7) is 61.0. The second kappa shape index (κ2) is 39.0. The molecule has 12 fully saturated rings. The van der Waals surface area contributed by atoms with E-state index < -0.39 is 17.4 Å². The zero-order valence-electron chi connectivity index (χ0n) is 89.8. The number of aromatic amines is 5. The molecule has 18 aliphatic rings. The number of nitrogens with zero attached hydrogens (tertiary/aromatic N) is 6. The van der Waals surface area contributed by atoms with Crippen molar-refractivity contribution in [2.75, 3.05) is 122 Å². The number of carbonyl (C=O) groups excluding carboxylic acids is 4. The molecule has 800 valence electrons. The second-order valence-electron chi connectivity index (χ2n) is 54.3. The molecule has 15 aliphatic carbocycles. The predicted octanol–water partition coefficient (Wildman–Crippen LogP) is 20.0. The molecule has 0 radical (unpaired) electrons. The number of nitrogen functional groups attached to an aromatic ring is 3. The van der Waals surface area contributed by atoms with E-state index in [1.165, 1.54) is 117 Å². The van der Waals surface area contributed by atoms with Crippen molar-refractivity contribution in [1.29, 1.82) is 0 Å². The number of nitrogens with one attached hydrogen (secondary N) is 5. The molecule has 22 atom stereocenters. The molecule has 4 aromatic heterocycles. The molecule has 0 aromatic carbocycles. The van der Waals surface area contributed by atoms with Crippen molar-refractivity contribution in [3.8, 4) is 0 Å². The monoisotopic (exact) mass is 2330 g/mol. The van der Waals surface area contributed by atoms with Crippen LogP contribution in [-0.4, -0.2) is 179 Å². The number of nitrogens with two attached hydrogens (primary N) is 3. The molecule has 24 nitrogen and oxygen atoms in total. The number of hydrogen-bond acceptors (Lipinski definition) is 19. The zero-order valence-corrected chi connectivity index (χ0v) is 97.0.